The third-order valence-corrected chi connectivity index (χ3v) is 7.88. The van der Waals surface area contributed by atoms with Gasteiger partial charge in [-0.15, -0.1) is 11.3 Å². The fourth-order valence-corrected chi connectivity index (χ4v) is 5.18. The van der Waals surface area contributed by atoms with Crippen LogP contribution in [0.15, 0.2) is 40.2 Å². The van der Waals surface area contributed by atoms with E-state index in [1.165, 1.54) is 34.8 Å². The highest BCUT2D eigenvalue weighted by Crippen LogP contribution is 2.39. The number of aliphatic hydroxyl groups is 1. The molecule has 0 amide bonds. The van der Waals surface area contributed by atoms with Crippen LogP contribution in [-0.4, -0.2) is 72.4 Å². The quantitative estimate of drug-likeness (QED) is 0.579. The number of alkyl halides is 6. The van der Waals surface area contributed by atoms with Gasteiger partial charge >= 0.3 is 18.3 Å². The van der Waals surface area contributed by atoms with Crippen molar-refractivity contribution in [3.63, 3.8) is 0 Å². The van der Waals surface area contributed by atoms with Gasteiger partial charge in [-0.2, -0.15) is 30.6 Å². The number of thiazole rings is 1. The molecule has 1 aliphatic heterocycles. The predicted octanol–water partition coefficient (Wildman–Crippen LogP) is 3.06. The third-order valence-electron chi connectivity index (χ3n) is 4.80. The van der Waals surface area contributed by atoms with Gasteiger partial charge in [0.1, 0.15) is 0 Å². The molecular formula is C18H19F6N3O5S2. The second kappa shape index (κ2) is 10.1. The average Bonchev–Trinajstić information content (AvgIpc) is 3.29. The fraction of sp³-hybridized carbons (Fsp3) is 0.444. The van der Waals surface area contributed by atoms with Crippen LogP contribution in [0.2, 0.25) is 0 Å². The Balaban J connectivity index is 0.000000509. The van der Waals surface area contributed by atoms with Gasteiger partial charge in [0.2, 0.25) is 4.34 Å². The Hall–Kier alpha value is -2.43. The van der Waals surface area contributed by atoms with Gasteiger partial charge in [-0.1, -0.05) is 12.1 Å². The Labute approximate surface area is 194 Å². The summed E-state index contributed by atoms with van der Waals surface area (Å²) in [6.07, 6.45) is -8.42. The Morgan fingerprint density at radius 2 is 1.53 bits per heavy atom. The minimum Gasteiger partial charge on any atom is -0.475 e. The van der Waals surface area contributed by atoms with Crippen LogP contribution in [0.25, 0.3) is 0 Å². The van der Waals surface area contributed by atoms with E-state index in [9.17, 15) is 39.9 Å². The molecule has 3 rings (SSSR count). The molecule has 34 heavy (non-hydrogen) atoms. The molecule has 1 aromatic carbocycles. The minimum absolute atomic E-state index is 0.0506. The van der Waals surface area contributed by atoms with Gasteiger partial charge in [0.05, 0.1) is 0 Å². The van der Waals surface area contributed by atoms with Crippen molar-refractivity contribution in [1.29, 1.82) is 0 Å². The van der Waals surface area contributed by atoms with E-state index in [4.69, 9.17) is 9.90 Å². The van der Waals surface area contributed by atoms with Crippen molar-refractivity contribution in [3.05, 3.63) is 41.4 Å². The first-order chi connectivity index (χ1) is 15.5. The van der Waals surface area contributed by atoms with E-state index in [1.807, 2.05) is 4.90 Å². The number of aromatic nitrogens is 1. The van der Waals surface area contributed by atoms with Crippen LogP contribution in [0, 0.1) is 0 Å². The van der Waals surface area contributed by atoms with Crippen LogP contribution in [0.3, 0.4) is 0 Å². The maximum absolute atomic E-state index is 12.9. The lowest BCUT2D eigenvalue weighted by molar-refractivity contribution is -0.258. The van der Waals surface area contributed by atoms with Crippen LogP contribution < -0.4 is 4.90 Å². The number of rotatable bonds is 4. The fourth-order valence-electron chi connectivity index (χ4n) is 2.80. The summed E-state index contributed by atoms with van der Waals surface area (Å²) in [7, 11) is -3.61. The number of sulfonamides is 1. The summed E-state index contributed by atoms with van der Waals surface area (Å²) in [4.78, 5) is 14.6. The molecule has 1 saturated heterocycles. The zero-order valence-corrected chi connectivity index (χ0v) is 19.0. The number of hydrogen-bond donors (Lipinski definition) is 2. The molecule has 0 radical (unpaired) electrons. The van der Waals surface area contributed by atoms with Crippen molar-refractivity contribution in [1.82, 2.24) is 9.29 Å². The smallest absolute Gasteiger partial charge is 0.475 e. The van der Waals surface area contributed by atoms with Gasteiger partial charge in [0.25, 0.3) is 10.0 Å². The molecule has 1 aliphatic rings. The van der Waals surface area contributed by atoms with E-state index < -0.39 is 33.9 Å². The standard InChI is InChI=1S/C16H18F3N3O3S2.C2HF3O2/c1-15(23,16(17,18)19)12-2-4-13(5-3-12)21-7-9-22(10-8-21)27(24,25)14-20-6-11-26-14;3-2(4,5)1(6)7/h2-6,11,23H,7-10H2,1H3;(H,6,7)/t15-;/m0./s1. The number of carboxylic acids is 1. The second-order valence-electron chi connectivity index (χ2n) is 7.11. The summed E-state index contributed by atoms with van der Waals surface area (Å²) in [5, 5.41) is 18.4. The van der Waals surface area contributed by atoms with Crippen LogP contribution in [0.4, 0.5) is 32.0 Å². The molecule has 1 fully saturated rings. The van der Waals surface area contributed by atoms with Gasteiger partial charge in [0.15, 0.2) is 5.60 Å². The number of nitrogens with zero attached hydrogens (tertiary/aromatic N) is 3. The number of carbonyl (C=O) groups is 1. The minimum atomic E-state index is -5.08. The van der Waals surface area contributed by atoms with Gasteiger partial charge in [-0.3, -0.25) is 0 Å². The predicted molar refractivity (Wildman–Crippen MR) is 109 cm³/mol. The first kappa shape index (κ1) is 27.8. The molecule has 0 aliphatic carbocycles. The lowest BCUT2D eigenvalue weighted by Gasteiger charge is -2.35. The van der Waals surface area contributed by atoms with Crippen molar-refractivity contribution in [2.24, 2.45) is 0 Å². The Bertz CT molecular complexity index is 1060. The van der Waals surface area contributed by atoms with Crippen molar-refractivity contribution in [2.45, 2.75) is 29.2 Å². The molecule has 0 saturated carbocycles. The molecule has 2 N–H and O–H groups in total. The maximum Gasteiger partial charge on any atom is 0.490 e. The number of hydrogen-bond acceptors (Lipinski definition) is 7. The zero-order chi connectivity index (χ0) is 25.9. The van der Waals surface area contributed by atoms with Crippen molar-refractivity contribution >= 4 is 33.0 Å². The maximum atomic E-state index is 12.9. The van der Waals surface area contributed by atoms with Gasteiger partial charge in [0, 0.05) is 43.4 Å². The monoisotopic (exact) mass is 535 g/mol. The first-order valence-electron chi connectivity index (χ1n) is 9.32. The summed E-state index contributed by atoms with van der Waals surface area (Å²) in [5.41, 5.74) is -2.50. The average molecular weight is 535 g/mol. The molecule has 2 aromatic rings. The van der Waals surface area contributed by atoms with Gasteiger partial charge in [-0.05, 0) is 24.6 Å². The SMILES string of the molecule is C[C@](O)(c1ccc(N2CCN(S(=O)(=O)c3nccs3)CC2)cc1)C(F)(F)F.O=C(O)C(F)(F)F. The normalized spacial score (nSPS) is 17.5. The van der Waals surface area contributed by atoms with E-state index >= 15 is 0 Å². The van der Waals surface area contributed by atoms with Gasteiger partial charge in [-0.25, -0.2) is 18.2 Å². The van der Waals surface area contributed by atoms with E-state index in [1.54, 1.807) is 5.38 Å². The largest absolute Gasteiger partial charge is 0.490 e. The molecule has 0 spiro atoms. The van der Waals surface area contributed by atoms with Crippen LogP contribution in [-0.2, 0) is 20.4 Å². The summed E-state index contributed by atoms with van der Waals surface area (Å²) < 4.78 is 96.8. The highest BCUT2D eigenvalue weighted by Gasteiger charge is 2.51. The molecule has 0 unspecified atom stereocenters. The van der Waals surface area contributed by atoms with Crippen LogP contribution in [0.5, 0.6) is 0 Å². The molecule has 1 aromatic heterocycles. The third kappa shape index (κ3) is 6.37. The summed E-state index contributed by atoms with van der Waals surface area (Å²) >= 11 is 1.06. The first-order valence-corrected chi connectivity index (χ1v) is 11.6. The number of aliphatic carboxylic acids is 1. The van der Waals surface area contributed by atoms with E-state index in [0.717, 1.165) is 11.3 Å². The molecule has 0 bridgehead atoms. The number of halogens is 6. The molecule has 2 heterocycles. The number of piperazine rings is 1. The van der Waals surface area contributed by atoms with Crippen molar-refractivity contribution in [3.8, 4) is 0 Å². The Kier molecular flexibility index (Phi) is 8.22. The highest BCUT2D eigenvalue weighted by atomic mass is 32.2. The Morgan fingerprint density at radius 3 is 1.91 bits per heavy atom. The molecule has 8 nitrogen and oxygen atoms in total. The van der Waals surface area contributed by atoms with E-state index in [-0.39, 0.29) is 23.0 Å². The number of carboxylic acid groups (broad SMARTS) is 1. The molecular weight excluding hydrogens is 516 g/mol. The summed E-state index contributed by atoms with van der Waals surface area (Å²) in [6.45, 7) is 2.03. The van der Waals surface area contributed by atoms with Crippen LogP contribution >= 0.6 is 11.3 Å². The molecule has 190 valence electrons. The summed E-state index contributed by atoms with van der Waals surface area (Å²) in [5.74, 6) is -2.76. The van der Waals surface area contributed by atoms with E-state index in [0.29, 0.717) is 25.7 Å². The van der Waals surface area contributed by atoms with Crippen molar-refractivity contribution in [2.75, 3.05) is 31.1 Å². The number of benzene rings is 1. The van der Waals surface area contributed by atoms with E-state index in [2.05, 4.69) is 4.98 Å². The molecule has 16 heteroatoms. The lowest BCUT2D eigenvalue weighted by Crippen LogP contribution is -2.48. The zero-order valence-electron chi connectivity index (χ0n) is 17.3. The van der Waals surface area contributed by atoms with Crippen LogP contribution in [0.1, 0.15) is 12.5 Å². The Morgan fingerprint density at radius 1 is 1.03 bits per heavy atom. The number of anilines is 1. The topological polar surface area (TPSA) is 111 Å². The molecule has 1 atom stereocenters. The van der Waals surface area contributed by atoms with Gasteiger partial charge < -0.3 is 15.1 Å². The van der Waals surface area contributed by atoms with Crippen molar-refractivity contribution < 1.29 is 49.8 Å². The highest BCUT2D eigenvalue weighted by molar-refractivity contribution is 7.91. The summed E-state index contributed by atoms with van der Waals surface area (Å²) in [6, 6.07) is 5.48. The lowest BCUT2D eigenvalue weighted by atomic mass is 9.95. The second-order valence-corrected chi connectivity index (χ2v) is 10.1.